The molecule has 1 aliphatic heterocycles. The highest BCUT2D eigenvalue weighted by molar-refractivity contribution is 9.10. The third-order valence-electron chi connectivity index (χ3n) is 4.63. The fourth-order valence-corrected chi connectivity index (χ4v) is 4.18. The number of carbonyl (C=O) groups excluding carboxylic acids is 1. The maximum Gasteiger partial charge on any atom is 0.363 e. The zero-order valence-electron chi connectivity index (χ0n) is 17.5. The summed E-state index contributed by atoms with van der Waals surface area (Å²) in [6.45, 7) is 2.64. The molecule has 0 unspecified atom stereocenters. The number of cyclic esters (lactones) is 1. The number of ether oxygens (including phenoxy) is 3. The third kappa shape index (κ3) is 5.58. The molecule has 168 valence electrons. The number of benzene rings is 3. The van der Waals surface area contributed by atoms with Crippen LogP contribution in [0.4, 0.5) is 0 Å². The van der Waals surface area contributed by atoms with E-state index < -0.39 is 5.97 Å². The minimum atomic E-state index is -0.555. The molecule has 0 atom stereocenters. The summed E-state index contributed by atoms with van der Waals surface area (Å²) in [7, 11) is 0. The zero-order chi connectivity index (χ0) is 23.4. The van der Waals surface area contributed by atoms with Crippen LogP contribution in [-0.4, -0.2) is 18.5 Å². The standard InChI is InChI=1S/C25H18BrCl2NO4/c1-2-31-22-13-16(11-19(26)23(22)32-14-15-6-5-7-17(27)10-15)12-21-25(30)33-24(29-21)18-8-3-4-9-20(18)28/h3-13H,2,14H2,1H3/b21-12-. The highest BCUT2D eigenvalue weighted by Crippen LogP contribution is 2.38. The molecule has 0 amide bonds. The lowest BCUT2D eigenvalue weighted by molar-refractivity contribution is -0.129. The molecule has 8 heteroatoms. The van der Waals surface area contributed by atoms with Gasteiger partial charge in [0.1, 0.15) is 6.61 Å². The van der Waals surface area contributed by atoms with Crippen LogP contribution in [0.15, 0.2) is 75.8 Å². The molecule has 0 aliphatic carbocycles. The Bertz CT molecular complexity index is 1270. The first-order valence-corrected chi connectivity index (χ1v) is 11.6. The quantitative estimate of drug-likeness (QED) is 0.235. The van der Waals surface area contributed by atoms with E-state index in [9.17, 15) is 4.79 Å². The van der Waals surface area contributed by atoms with Gasteiger partial charge >= 0.3 is 5.97 Å². The Labute approximate surface area is 209 Å². The van der Waals surface area contributed by atoms with Crippen molar-refractivity contribution in [3.05, 3.63) is 97.6 Å². The molecule has 3 aromatic rings. The van der Waals surface area contributed by atoms with Crippen LogP contribution >= 0.6 is 39.1 Å². The van der Waals surface area contributed by atoms with Crippen molar-refractivity contribution in [1.29, 1.82) is 0 Å². The van der Waals surface area contributed by atoms with E-state index in [4.69, 9.17) is 37.4 Å². The molecule has 0 aromatic heterocycles. The summed E-state index contributed by atoms with van der Waals surface area (Å²) in [6.07, 6.45) is 1.63. The molecule has 0 bridgehead atoms. The highest BCUT2D eigenvalue weighted by Gasteiger charge is 2.25. The van der Waals surface area contributed by atoms with Crippen LogP contribution in [0.2, 0.25) is 10.0 Å². The first-order valence-electron chi connectivity index (χ1n) is 10.1. The van der Waals surface area contributed by atoms with E-state index in [2.05, 4.69) is 20.9 Å². The van der Waals surface area contributed by atoms with Gasteiger partial charge in [0.15, 0.2) is 17.2 Å². The van der Waals surface area contributed by atoms with E-state index in [1.165, 1.54) is 0 Å². The molecule has 5 nitrogen and oxygen atoms in total. The summed E-state index contributed by atoms with van der Waals surface area (Å²) in [5.41, 5.74) is 2.33. The van der Waals surface area contributed by atoms with Crippen LogP contribution in [0.25, 0.3) is 6.08 Å². The van der Waals surface area contributed by atoms with Crippen molar-refractivity contribution >= 4 is 57.1 Å². The summed E-state index contributed by atoms with van der Waals surface area (Å²) >= 11 is 15.8. The van der Waals surface area contributed by atoms with E-state index >= 15 is 0 Å². The minimum absolute atomic E-state index is 0.159. The van der Waals surface area contributed by atoms with Crippen molar-refractivity contribution in [1.82, 2.24) is 0 Å². The first kappa shape index (κ1) is 23.4. The molecule has 0 spiro atoms. The number of carbonyl (C=O) groups is 1. The summed E-state index contributed by atoms with van der Waals surface area (Å²) in [6, 6.07) is 18.1. The van der Waals surface area contributed by atoms with Gasteiger partial charge in [0.25, 0.3) is 0 Å². The van der Waals surface area contributed by atoms with Crippen molar-refractivity contribution in [2.75, 3.05) is 6.61 Å². The zero-order valence-corrected chi connectivity index (χ0v) is 20.6. The summed E-state index contributed by atoms with van der Waals surface area (Å²) < 4.78 is 17.8. The van der Waals surface area contributed by atoms with Crippen LogP contribution in [0, 0.1) is 0 Å². The van der Waals surface area contributed by atoms with Crippen LogP contribution in [-0.2, 0) is 16.1 Å². The summed E-state index contributed by atoms with van der Waals surface area (Å²) in [5, 5.41) is 1.09. The monoisotopic (exact) mass is 545 g/mol. The number of hydrogen-bond donors (Lipinski definition) is 0. The SMILES string of the molecule is CCOc1cc(/C=C2\N=C(c3ccccc3Cl)OC2=O)cc(Br)c1OCc1cccc(Cl)c1. The Morgan fingerprint density at radius 3 is 2.64 bits per heavy atom. The number of nitrogens with zero attached hydrogens (tertiary/aromatic N) is 1. The molecule has 1 aliphatic rings. The van der Waals surface area contributed by atoms with E-state index in [1.807, 2.05) is 37.3 Å². The second-order valence-corrected chi connectivity index (χ2v) is 8.70. The average molecular weight is 547 g/mol. The van der Waals surface area contributed by atoms with Gasteiger partial charge < -0.3 is 14.2 Å². The first-order chi connectivity index (χ1) is 15.9. The number of hydrogen-bond acceptors (Lipinski definition) is 5. The molecule has 3 aromatic carbocycles. The van der Waals surface area contributed by atoms with E-state index in [0.717, 1.165) is 5.56 Å². The van der Waals surface area contributed by atoms with Crippen molar-refractivity contribution in [3.63, 3.8) is 0 Å². The molecule has 1 heterocycles. The van der Waals surface area contributed by atoms with Crippen molar-refractivity contribution in [2.45, 2.75) is 13.5 Å². The molecular weight excluding hydrogens is 529 g/mol. The van der Waals surface area contributed by atoms with Gasteiger partial charge in [0, 0.05) is 5.02 Å². The van der Waals surface area contributed by atoms with Gasteiger partial charge in [-0.2, -0.15) is 0 Å². The molecule has 0 radical (unpaired) electrons. The summed E-state index contributed by atoms with van der Waals surface area (Å²) in [5.74, 6) is 0.693. The maximum absolute atomic E-state index is 12.4. The number of rotatable bonds is 7. The molecular formula is C25H18BrCl2NO4. The van der Waals surface area contributed by atoms with Crippen LogP contribution in [0.1, 0.15) is 23.6 Å². The van der Waals surface area contributed by atoms with E-state index in [1.54, 1.807) is 36.4 Å². The average Bonchev–Trinajstić information content (AvgIpc) is 3.13. The van der Waals surface area contributed by atoms with Gasteiger partial charge in [-0.25, -0.2) is 9.79 Å². The fourth-order valence-electron chi connectivity index (χ4n) is 3.17. The van der Waals surface area contributed by atoms with E-state index in [-0.39, 0.29) is 11.6 Å². The van der Waals surface area contributed by atoms with Gasteiger partial charge in [-0.3, -0.25) is 0 Å². The Balaban J connectivity index is 1.62. The topological polar surface area (TPSA) is 57.1 Å². The molecule has 0 saturated carbocycles. The smallest absolute Gasteiger partial charge is 0.363 e. The number of halogens is 3. The minimum Gasteiger partial charge on any atom is -0.490 e. The van der Waals surface area contributed by atoms with Crippen molar-refractivity contribution < 1.29 is 19.0 Å². The van der Waals surface area contributed by atoms with Gasteiger partial charge in [-0.1, -0.05) is 47.5 Å². The lowest BCUT2D eigenvalue weighted by atomic mass is 10.1. The third-order valence-corrected chi connectivity index (χ3v) is 5.79. The van der Waals surface area contributed by atoms with Gasteiger partial charge in [-0.05, 0) is 76.5 Å². The van der Waals surface area contributed by atoms with Crippen LogP contribution in [0.5, 0.6) is 11.5 Å². The predicted molar refractivity (Wildman–Crippen MR) is 133 cm³/mol. The number of aliphatic imine (C=N–C) groups is 1. The Kier molecular flexibility index (Phi) is 7.38. The second kappa shape index (κ2) is 10.4. The normalized spacial score (nSPS) is 14.2. The van der Waals surface area contributed by atoms with Crippen LogP contribution < -0.4 is 9.47 Å². The fraction of sp³-hybridized carbons (Fsp3) is 0.120. The van der Waals surface area contributed by atoms with Crippen molar-refractivity contribution in [3.8, 4) is 11.5 Å². The molecule has 0 fully saturated rings. The van der Waals surface area contributed by atoms with Crippen molar-refractivity contribution in [2.24, 2.45) is 4.99 Å². The van der Waals surface area contributed by atoms with E-state index in [0.29, 0.717) is 50.4 Å². The number of esters is 1. The molecule has 0 N–H and O–H groups in total. The highest BCUT2D eigenvalue weighted by atomic mass is 79.9. The molecule has 4 rings (SSSR count). The lowest BCUT2D eigenvalue weighted by Crippen LogP contribution is -2.05. The summed E-state index contributed by atoms with van der Waals surface area (Å²) in [4.78, 5) is 16.7. The van der Waals surface area contributed by atoms with Gasteiger partial charge in [0.05, 0.1) is 21.7 Å². The van der Waals surface area contributed by atoms with Crippen LogP contribution in [0.3, 0.4) is 0 Å². The largest absolute Gasteiger partial charge is 0.490 e. The van der Waals surface area contributed by atoms with Gasteiger partial charge in [0.2, 0.25) is 5.90 Å². The Morgan fingerprint density at radius 2 is 1.88 bits per heavy atom. The Morgan fingerprint density at radius 1 is 1.06 bits per heavy atom. The lowest BCUT2D eigenvalue weighted by Gasteiger charge is -2.15. The molecule has 33 heavy (non-hydrogen) atoms. The maximum atomic E-state index is 12.4. The van der Waals surface area contributed by atoms with Gasteiger partial charge in [-0.15, -0.1) is 0 Å². The molecule has 0 saturated heterocycles. The predicted octanol–water partition coefficient (Wildman–Crippen LogP) is 7.08. The Hall–Kier alpha value is -2.80. The second-order valence-electron chi connectivity index (χ2n) is 7.00.